The van der Waals surface area contributed by atoms with Gasteiger partial charge in [0.15, 0.2) is 0 Å². The average Bonchev–Trinajstić information content (AvgIpc) is 2.36. The van der Waals surface area contributed by atoms with Crippen molar-refractivity contribution in [2.75, 3.05) is 28.3 Å². The molecule has 0 aliphatic rings. The van der Waals surface area contributed by atoms with Crippen LogP contribution in [0, 0.1) is 0 Å². The lowest BCUT2D eigenvalue weighted by Crippen LogP contribution is -2.39. The van der Waals surface area contributed by atoms with E-state index in [-0.39, 0.29) is 10.5 Å². The number of carbonyl (C=O) groups excluding carboxylic acids is 1. The molecule has 0 radical (unpaired) electrons. The van der Waals surface area contributed by atoms with E-state index in [9.17, 15) is 13.2 Å². The Morgan fingerprint density at radius 3 is 2.22 bits per heavy atom. The number of hydrogen-bond acceptors (Lipinski definition) is 5. The van der Waals surface area contributed by atoms with Gasteiger partial charge in [0.1, 0.15) is 0 Å². The highest BCUT2D eigenvalue weighted by molar-refractivity contribution is 7.89. The van der Waals surface area contributed by atoms with E-state index in [1.165, 1.54) is 31.3 Å². The number of sulfonamides is 1. The van der Waals surface area contributed by atoms with Crippen LogP contribution in [-0.4, -0.2) is 52.1 Å². The van der Waals surface area contributed by atoms with Gasteiger partial charge in [-0.05, 0) is 12.1 Å². The summed E-state index contributed by atoms with van der Waals surface area (Å²) in [5.41, 5.74) is 0.0219. The molecule has 1 rings (SSSR count). The first kappa shape index (κ1) is 14.6. The Morgan fingerprint density at radius 1 is 1.17 bits per heavy atom. The van der Waals surface area contributed by atoms with E-state index in [2.05, 4.69) is 4.74 Å². The van der Waals surface area contributed by atoms with Gasteiger partial charge in [-0.1, -0.05) is 12.1 Å². The second-order valence-electron chi connectivity index (χ2n) is 3.77. The van der Waals surface area contributed by atoms with Gasteiger partial charge in [-0.2, -0.15) is 0 Å². The van der Waals surface area contributed by atoms with Crippen molar-refractivity contribution in [3.05, 3.63) is 29.8 Å². The molecule has 7 heteroatoms. The minimum absolute atomic E-state index is 0.0219. The maximum Gasteiger partial charge on any atom is 0.339 e. The first-order chi connectivity index (χ1) is 8.32. The van der Waals surface area contributed by atoms with Crippen LogP contribution < -0.4 is 0 Å². The molecule has 0 unspecified atom stereocenters. The molecule has 0 fully saturated rings. The third-order valence-corrected chi connectivity index (χ3v) is 4.42. The highest BCUT2D eigenvalue weighted by atomic mass is 32.2. The molecule has 0 atom stereocenters. The molecular formula is C11H16N2O4S. The summed E-state index contributed by atoms with van der Waals surface area (Å²) >= 11 is 0. The topological polar surface area (TPSA) is 66.9 Å². The SMILES string of the molecule is COC(=O)c1ccccc1S(=O)(=O)N(C)N(C)C. The van der Waals surface area contributed by atoms with Crippen molar-refractivity contribution in [2.24, 2.45) is 0 Å². The molecule has 100 valence electrons. The molecular weight excluding hydrogens is 256 g/mol. The molecule has 1 aromatic rings. The molecule has 0 aliphatic carbocycles. The summed E-state index contributed by atoms with van der Waals surface area (Å²) in [5.74, 6) is -0.679. The largest absolute Gasteiger partial charge is 0.465 e. The van der Waals surface area contributed by atoms with Gasteiger partial charge in [-0.25, -0.2) is 18.2 Å². The van der Waals surface area contributed by atoms with E-state index in [4.69, 9.17) is 0 Å². The van der Waals surface area contributed by atoms with Gasteiger partial charge < -0.3 is 4.74 Å². The van der Waals surface area contributed by atoms with E-state index in [1.807, 2.05) is 0 Å². The number of hydrogen-bond donors (Lipinski definition) is 0. The molecule has 0 bridgehead atoms. The molecule has 0 aromatic heterocycles. The number of nitrogens with zero attached hydrogens (tertiary/aromatic N) is 2. The van der Waals surface area contributed by atoms with E-state index in [0.717, 1.165) is 4.41 Å². The normalized spacial score (nSPS) is 11.9. The van der Waals surface area contributed by atoms with Crippen molar-refractivity contribution in [3.8, 4) is 0 Å². The Labute approximate surface area is 107 Å². The predicted molar refractivity (Wildman–Crippen MR) is 66.4 cm³/mol. The third-order valence-electron chi connectivity index (χ3n) is 2.48. The second kappa shape index (κ2) is 5.47. The third kappa shape index (κ3) is 2.69. The fourth-order valence-corrected chi connectivity index (χ4v) is 2.72. The van der Waals surface area contributed by atoms with E-state index in [1.54, 1.807) is 26.2 Å². The lowest BCUT2D eigenvalue weighted by molar-refractivity contribution is 0.0595. The number of methoxy groups -OCH3 is 1. The Morgan fingerprint density at radius 2 is 1.72 bits per heavy atom. The van der Waals surface area contributed by atoms with Crippen LogP contribution in [0.3, 0.4) is 0 Å². The number of esters is 1. The zero-order valence-corrected chi connectivity index (χ0v) is 11.6. The van der Waals surface area contributed by atoms with Crippen molar-refractivity contribution < 1.29 is 17.9 Å². The minimum atomic E-state index is -3.77. The van der Waals surface area contributed by atoms with Gasteiger partial charge >= 0.3 is 5.97 Å². The Hall–Kier alpha value is -1.44. The summed E-state index contributed by atoms with van der Waals surface area (Å²) in [5, 5.41) is 1.41. The first-order valence-corrected chi connectivity index (χ1v) is 6.60. The van der Waals surface area contributed by atoms with Gasteiger partial charge in [0.2, 0.25) is 0 Å². The van der Waals surface area contributed by atoms with Crippen LogP contribution in [-0.2, 0) is 14.8 Å². The number of benzene rings is 1. The number of rotatable bonds is 4. The molecule has 0 amide bonds. The molecule has 1 aromatic carbocycles. The van der Waals surface area contributed by atoms with Crippen molar-refractivity contribution in [1.29, 1.82) is 0 Å². The van der Waals surface area contributed by atoms with Crippen LogP contribution in [0.25, 0.3) is 0 Å². The highest BCUT2D eigenvalue weighted by Crippen LogP contribution is 2.20. The van der Waals surface area contributed by atoms with Crippen LogP contribution >= 0.6 is 0 Å². The quantitative estimate of drug-likeness (QED) is 0.592. The van der Waals surface area contributed by atoms with Crippen molar-refractivity contribution in [1.82, 2.24) is 9.42 Å². The van der Waals surface area contributed by atoms with Crippen molar-refractivity contribution in [3.63, 3.8) is 0 Å². The maximum absolute atomic E-state index is 12.3. The molecule has 0 N–H and O–H groups in total. The number of hydrazine groups is 1. The van der Waals surface area contributed by atoms with Crippen LogP contribution in [0.1, 0.15) is 10.4 Å². The van der Waals surface area contributed by atoms with Crippen LogP contribution in [0.5, 0.6) is 0 Å². The van der Waals surface area contributed by atoms with Gasteiger partial charge in [0.25, 0.3) is 10.0 Å². The summed E-state index contributed by atoms with van der Waals surface area (Å²) < 4.78 is 30.2. The summed E-state index contributed by atoms with van der Waals surface area (Å²) in [6.07, 6.45) is 0. The Kier molecular flexibility index (Phi) is 4.44. The number of ether oxygens (including phenoxy) is 1. The van der Waals surface area contributed by atoms with Crippen LogP contribution in [0.4, 0.5) is 0 Å². The molecule has 0 spiro atoms. The fraction of sp³-hybridized carbons (Fsp3) is 0.364. The molecule has 0 aliphatic heterocycles. The molecule has 6 nitrogen and oxygen atoms in total. The molecule has 0 saturated heterocycles. The zero-order chi connectivity index (χ0) is 13.9. The summed E-state index contributed by atoms with van der Waals surface area (Å²) in [6.45, 7) is 0. The van der Waals surface area contributed by atoms with Gasteiger partial charge in [0.05, 0.1) is 17.6 Å². The van der Waals surface area contributed by atoms with Gasteiger partial charge in [-0.3, -0.25) is 0 Å². The van der Waals surface area contributed by atoms with E-state index < -0.39 is 16.0 Å². The van der Waals surface area contributed by atoms with E-state index in [0.29, 0.717) is 0 Å². The van der Waals surface area contributed by atoms with Crippen molar-refractivity contribution >= 4 is 16.0 Å². The van der Waals surface area contributed by atoms with Crippen molar-refractivity contribution in [2.45, 2.75) is 4.90 Å². The smallest absolute Gasteiger partial charge is 0.339 e. The standard InChI is InChI=1S/C11H16N2O4S/c1-12(2)13(3)18(15,16)10-8-6-5-7-9(10)11(14)17-4/h5-8H,1-4H3. The maximum atomic E-state index is 12.3. The van der Waals surface area contributed by atoms with Crippen LogP contribution in [0.15, 0.2) is 29.2 Å². The zero-order valence-electron chi connectivity index (χ0n) is 10.7. The molecule has 0 heterocycles. The summed E-state index contributed by atoms with van der Waals surface area (Å²) in [6, 6.07) is 5.94. The predicted octanol–water partition coefficient (Wildman–Crippen LogP) is 0.570. The Balaban J connectivity index is 3.38. The monoisotopic (exact) mass is 272 g/mol. The lowest BCUT2D eigenvalue weighted by Gasteiger charge is -2.24. The summed E-state index contributed by atoms with van der Waals surface area (Å²) in [4.78, 5) is 11.5. The van der Waals surface area contributed by atoms with Gasteiger partial charge in [-0.15, -0.1) is 4.41 Å². The highest BCUT2D eigenvalue weighted by Gasteiger charge is 2.27. The van der Waals surface area contributed by atoms with Crippen LogP contribution in [0.2, 0.25) is 0 Å². The minimum Gasteiger partial charge on any atom is -0.465 e. The van der Waals surface area contributed by atoms with Gasteiger partial charge in [0, 0.05) is 21.1 Å². The Bertz CT molecular complexity index is 540. The van der Waals surface area contributed by atoms with E-state index >= 15 is 0 Å². The number of carbonyl (C=O) groups is 1. The summed E-state index contributed by atoms with van der Waals surface area (Å²) in [7, 11) is 2.04. The molecule has 0 saturated carbocycles. The lowest BCUT2D eigenvalue weighted by atomic mass is 10.2. The second-order valence-corrected chi connectivity index (χ2v) is 5.69. The first-order valence-electron chi connectivity index (χ1n) is 5.16. The fourth-order valence-electron chi connectivity index (χ4n) is 1.33. The average molecular weight is 272 g/mol. The molecule has 18 heavy (non-hydrogen) atoms.